The van der Waals surface area contributed by atoms with Crippen LogP contribution in [-0.2, 0) is 6.42 Å². The first-order chi connectivity index (χ1) is 9.16. The fourth-order valence-electron chi connectivity index (χ4n) is 1.76. The minimum Gasteiger partial charge on any atom is -0.478 e. The molecular formula is C14H13FN2O2. The maximum Gasteiger partial charge on any atom is 0.337 e. The number of nitrogens with zero attached hydrogens (tertiary/aromatic N) is 1. The maximum atomic E-state index is 13.0. The summed E-state index contributed by atoms with van der Waals surface area (Å²) in [6, 6.07) is 7.76. The van der Waals surface area contributed by atoms with Crippen molar-refractivity contribution in [2.24, 2.45) is 0 Å². The SMILES string of the molecule is O=C(O)c1ccncc1NCCc1cccc(F)c1. The number of pyridine rings is 1. The molecule has 5 heteroatoms. The van der Waals surface area contributed by atoms with Gasteiger partial charge in [0.05, 0.1) is 17.4 Å². The molecule has 4 nitrogen and oxygen atoms in total. The Morgan fingerprint density at radius 3 is 2.95 bits per heavy atom. The Bertz CT molecular complexity index is 587. The Morgan fingerprint density at radius 1 is 1.37 bits per heavy atom. The molecule has 0 aliphatic carbocycles. The number of hydrogen-bond donors (Lipinski definition) is 2. The molecule has 1 heterocycles. The van der Waals surface area contributed by atoms with Crippen LogP contribution in [0.2, 0.25) is 0 Å². The number of anilines is 1. The van der Waals surface area contributed by atoms with E-state index in [0.29, 0.717) is 18.7 Å². The highest BCUT2D eigenvalue weighted by Gasteiger charge is 2.08. The molecule has 0 radical (unpaired) electrons. The van der Waals surface area contributed by atoms with Crippen molar-refractivity contribution in [2.45, 2.75) is 6.42 Å². The molecule has 1 aromatic carbocycles. The van der Waals surface area contributed by atoms with Gasteiger partial charge in [-0.1, -0.05) is 12.1 Å². The lowest BCUT2D eigenvalue weighted by Gasteiger charge is -2.08. The van der Waals surface area contributed by atoms with Crippen molar-refractivity contribution in [3.63, 3.8) is 0 Å². The number of nitrogens with one attached hydrogen (secondary N) is 1. The molecule has 0 spiro atoms. The Labute approximate surface area is 109 Å². The summed E-state index contributed by atoms with van der Waals surface area (Å²) in [6.45, 7) is 0.509. The molecule has 2 rings (SSSR count). The number of aromatic nitrogens is 1. The van der Waals surface area contributed by atoms with E-state index in [4.69, 9.17) is 5.11 Å². The number of aromatic carboxylic acids is 1. The van der Waals surface area contributed by atoms with Crippen molar-refractivity contribution in [3.8, 4) is 0 Å². The van der Waals surface area contributed by atoms with Crippen LogP contribution in [-0.4, -0.2) is 22.6 Å². The second-order valence-corrected chi connectivity index (χ2v) is 4.03. The minimum absolute atomic E-state index is 0.175. The van der Waals surface area contributed by atoms with Crippen LogP contribution in [0.3, 0.4) is 0 Å². The van der Waals surface area contributed by atoms with Crippen LogP contribution in [0.4, 0.5) is 10.1 Å². The van der Waals surface area contributed by atoms with Gasteiger partial charge < -0.3 is 10.4 Å². The highest BCUT2D eigenvalue weighted by Crippen LogP contribution is 2.13. The Hall–Kier alpha value is -2.43. The van der Waals surface area contributed by atoms with Crippen molar-refractivity contribution in [3.05, 3.63) is 59.7 Å². The van der Waals surface area contributed by atoms with Gasteiger partial charge in [-0.25, -0.2) is 9.18 Å². The van der Waals surface area contributed by atoms with Gasteiger partial charge in [0.15, 0.2) is 0 Å². The van der Waals surface area contributed by atoms with Gasteiger partial charge in [0, 0.05) is 12.7 Å². The van der Waals surface area contributed by atoms with E-state index in [9.17, 15) is 9.18 Å². The first-order valence-corrected chi connectivity index (χ1v) is 5.82. The predicted octanol–water partition coefficient (Wildman–Crippen LogP) is 2.57. The largest absolute Gasteiger partial charge is 0.478 e. The highest BCUT2D eigenvalue weighted by molar-refractivity contribution is 5.93. The van der Waals surface area contributed by atoms with Crippen molar-refractivity contribution in [1.29, 1.82) is 0 Å². The molecule has 0 saturated heterocycles. The van der Waals surface area contributed by atoms with Crippen molar-refractivity contribution >= 4 is 11.7 Å². The van der Waals surface area contributed by atoms with Crippen molar-refractivity contribution in [1.82, 2.24) is 4.98 Å². The average Bonchev–Trinajstić information content (AvgIpc) is 2.39. The van der Waals surface area contributed by atoms with Crippen LogP contribution in [0.15, 0.2) is 42.7 Å². The van der Waals surface area contributed by atoms with Gasteiger partial charge in [-0.15, -0.1) is 0 Å². The molecule has 19 heavy (non-hydrogen) atoms. The zero-order chi connectivity index (χ0) is 13.7. The topological polar surface area (TPSA) is 62.2 Å². The zero-order valence-electron chi connectivity index (χ0n) is 10.1. The summed E-state index contributed by atoms with van der Waals surface area (Å²) in [5, 5.41) is 12.0. The fourth-order valence-corrected chi connectivity index (χ4v) is 1.76. The van der Waals surface area contributed by atoms with E-state index in [1.165, 1.54) is 30.6 Å². The monoisotopic (exact) mass is 260 g/mol. The summed E-state index contributed by atoms with van der Waals surface area (Å²) >= 11 is 0. The molecule has 98 valence electrons. The van der Waals surface area contributed by atoms with Crippen molar-refractivity contribution < 1.29 is 14.3 Å². The second kappa shape index (κ2) is 5.95. The number of rotatable bonds is 5. The summed E-state index contributed by atoms with van der Waals surface area (Å²) in [7, 11) is 0. The molecule has 0 unspecified atom stereocenters. The number of halogens is 1. The quantitative estimate of drug-likeness (QED) is 0.867. The third-order valence-corrected chi connectivity index (χ3v) is 2.67. The van der Waals surface area contributed by atoms with Gasteiger partial charge in [-0.2, -0.15) is 0 Å². The molecule has 2 N–H and O–H groups in total. The lowest BCUT2D eigenvalue weighted by atomic mass is 10.1. The van der Waals surface area contributed by atoms with Gasteiger partial charge in [-0.05, 0) is 30.2 Å². The average molecular weight is 260 g/mol. The summed E-state index contributed by atoms with van der Waals surface area (Å²) < 4.78 is 13.0. The molecule has 0 aliphatic rings. The van der Waals surface area contributed by atoms with Gasteiger partial charge in [0.1, 0.15) is 5.82 Å². The molecule has 2 aromatic rings. The zero-order valence-corrected chi connectivity index (χ0v) is 10.1. The standard InChI is InChI=1S/C14H13FN2O2/c15-11-3-1-2-10(8-11)4-7-17-13-9-16-6-5-12(13)14(18)19/h1-3,5-6,8-9,17H,4,7H2,(H,18,19). The van der Waals surface area contributed by atoms with Gasteiger partial charge >= 0.3 is 5.97 Å². The number of hydrogen-bond acceptors (Lipinski definition) is 3. The van der Waals surface area contributed by atoms with E-state index in [2.05, 4.69) is 10.3 Å². The number of carboxylic acid groups (broad SMARTS) is 1. The maximum absolute atomic E-state index is 13.0. The van der Waals surface area contributed by atoms with Crippen LogP contribution in [0, 0.1) is 5.82 Å². The highest BCUT2D eigenvalue weighted by atomic mass is 19.1. The molecular weight excluding hydrogens is 247 g/mol. The van der Waals surface area contributed by atoms with Crippen LogP contribution >= 0.6 is 0 Å². The molecule has 0 bridgehead atoms. The second-order valence-electron chi connectivity index (χ2n) is 4.03. The fraction of sp³-hybridized carbons (Fsp3) is 0.143. The van der Waals surface area contributed by atoms with E-state index < -0.39 is 5.97 Å². The lowest BCUT2D eigenvalue weighted by Crippen LogP contribution is -2.09. The molecule has 0 amide bonds. The van der Waals surface area contributed by atoms with Crippen molar-refractivity contribution in [2.75, 3.05) is 11.9 Å². The minimum atomic E-state index is -1.00. The van der Waals surface area contributed by atoms with Gasteiger partial charge in [0.25, 0.3) is 0 Å². The summed E-state index contributed by atoms with van der Waals surface area (Å²) in [6.07, 6.45) is 3.50. The molecule has 1 aromatic heterocycles. The van der Waals surface area contributed by atoms with Crippen LogP contribution in [0.1, 0.15) is 15.9 Å². The number of carboxylic acids is 1. The Balaban J connectivity index is 1.98. The number of carbonyl (C=O) groups is 1. The van der Waals surface area contributed by atoms with E-state index in [0.717, 1.165) is 5.56 Å². The normalized spacial score (nSPS) is 10.2. The number of benzene rings is 1. The molecule has 0 aliphatic heterocycles. The Kier molecular flexibility index (Phi) is 4.07. The van der Waals surface area contributed by atoms with Crippen LogP contribution in [0.25, 0.3) is 0 Å². The summed E-state index contributed by atoms with van der Waals surface area (Å²) in [5.41, 5.74) is 1.49. The van der Waals surface area contributed by atoms with Crippen LogP contribution in [0.5, 0.6) is 0 Å². The molecule has 0 atom stereocenters. The third kappa shape index (κ3) is 3.51. The van der Waals surface area contributed by atoms with E-state index in [1.807, 2.05) is 6.07 Å². The Morgan fingerprint density at radius 2 is 2.21 bits per heavy atom. The van der Waals surface area contributed by atoms with Crippen LogP contribution < -0.4 is 5.32 Å². The summed E-state index contributed by atoms with van der Waals surface area (Å²) in [5.74, 6) is -1.28. The van der Waals surface area contributed by atoms with Gasteiger partial charge in [0.2, 0.25) is 0 Å². The molecule has 0 fully saturated rings. The van der Waals surface area contributed by atoms with E-state index in [-0.39, 0.29) is 11.4 Å². The van der Waals surface area contributed by atoms with E-state index in [1.54, 1.807) is 6.07 Å². The lowest BCUT2D eigenvalue weighted by molar-refractivity contribution is 0.0698. The third-order valence-electron chi connectivity index (χ3n) is 2.67. The molecule has 0 saturated carbocycles. The predicted molar refractivity (Wildman–Crippen MR) is 69.8 cm³/mol. The van der Waals surface area contributed by atoms with Gasteiger partial charge in [-0.3, -0.25) is 4.98 Å². The summed E-state index contributed by atoms with van der Waals surface area (Å²) in [4.78, 5) is 14.9. The first kappa shape index (κ1) is 13.0. The first-order valence-electron chi connectivity index (χ1n) is 5.82. The smallest absolute Gasteiger partial charge is 0.337 e. The van der Waals surface area contributed by atoms with E-state index >= 15 is 0 Å².